The molecule has 0 saturated heterocycles. The van der Waals surface area contributed by atoms with E-state index in [4.69, 9.17) is 11.2 Å². The molecule has 0 radical (unpaired) electrons. The SMILES string of the molecule is C#CCOC(=O)c1ccc2nc(-c3cccc(Br)c3)sc2c1. The second-order valence-corrected chi connectivity index (χ2v) is 6.44. The Labute approximate surface area is 140 Å². The first-order valence-corrected chi connectivity index (χ1v) is 8.05. The largest absolute Gasteiger partial charge is 0.449 e. The van der Waals surface area contributed by atoms with E-state index in [1.54, 1.807) is 12.1 Å². The predicted octanol–water partition coefficient (Wildman–Crippen LogP) is 4.52. The maximum absolute atomic E-state index is 11.8. The zero-order valence-electron chi connectivity index (χ0n) is 11.4. The molecule has 3 nitrogen and oxygen atoms in total. The van der Waals surface area contributed by atoms with Gasteiger partial charge in [0.2, 0.25) is 0 Å². The first-order valence-electron chi connectivity index (χ1n) is 6.44. The van der Waals surface area contributed by atoms with E-state index in [2.05, 4.69) is 26.8 Å². The molecule has 22 heavy (non-hydrogen) atoms. The van der Waals surface area contributed by atoms with Crippen molar-refractivity contribution < 1.29 is 9.53 Å². The number of esters is 1. The lowest BCUT2D eigenvalue weighted by Crippen LogP contribution is -2.04. The van der Waals surface area contributed by atoms with Gasteiger partial charge >= 0.3 is 5.97 Å². The first-order chi connectivity index (χ1) is 10.7. The number of fused-ring (bicyclic) bond motifs is 1. The summed E-state index contributed by atoms with van der Waals surface area (Å²) < 4.78 is 6.87. The molecule has 0 unspecified atom stereocenters. The minimum Gasteiger partial charge on any atom is -0.449 e. The molecule has 5 heteroatoms. The van der Waals surface area contributed by atoms with Crippen LogP contribution < -0.4 is 0 Å². The van der Waals surface area contributed by atoms with Crippen LogP contribution in [0.15, 0.2) is 46.9 Å². The number of thiazole rings is 1. The number of carbonyl (C=O) groups is 1. The van der Waals surface area contributed by atoms with Crippen LogP contribution in [0.4, 0.5) is 0 Å². The molecular weight excluding hydrogens is 362 g/mol. The number of benzene rings is 2. The number of hydrogen-bond acceptors (Lipinski definition) is 4. The topological polar surface area (TPSA) is 39.2 Å². The molecule has 0 fully saturated rings. The molecule has 0 aliphatic rings. The van der Waals surface area contributed by atoms with Crippen molar-refractivity contribution in [2.45, 2.75) is 0 Å². The average Bonchev–Trinajstić information content (AvgIpc) is 2.95. The highest BCUT2D eigenvalue weighted by Gasteiger charge is 2.11. The van der Waals surface area contributed by atoms with Crippen molar-refractivity contribution in [1.82, 2.24) is 4.98 Å². The number of halogens is 1. The van der Waals surface area contributed by atoms with Gasteiger partial charge in [0.15, 0.2) is 6.61 Å². The molecule has 0 aliphatic carbocycles. The third-order valence-electron chi connectivity index (χ3n) is 2.98. The van der Waals surface area contributed by atoms with Crippen LogP contribution >= 0.6 is 27.3 Å². The van der Waals surface area contributed by atoms with Gasteiger partial charge in [-0.2, -0.15) is 0 Å². The average molecular weight is 372 g/mol. The Morgan fingerprint density at radius 3 is 2.95 bits per heavy atom. The molecule has 3 aromatic rings. The summed E-state index contributed by atoms with van der Waals surface area (Å²) in [6.45, 7) is -0.0249. The summed E-state index contributed by atoms with van der Waals surface area (Å²) >= 11 is 4.99. The van der Waals surface area contributed by atoms with Gasteiger partial charge in [0.05, 0.1) is 15.8 Å². The molecule has 0 atom stereocenters. The summed E-state index contributed by atoms with van der Waals surface area (Å²) in [6, 6.07) is 13.3. The number of ether oxygens (including phenoxy) is 1. The molecule has 2 aromatic carbocycles. The lowest BCUT2D eigenvalue weighted by Gasteiger charge is -2.00. The van der Waals surface area contributed by atoms with Gasteiger partial charge in [-0.15, -0.1) is 17.8 Å². The van der Waals surface area contributed by atoms with E-state index in [0.29, 0.717) is 5.56 Å². The van der Waals surface area contributed by atoms with Gasteiger partial charge in [0.1, 0.15) is 5.01 Å². The number of terminal acetylenes is 1. The minimum absolute atomic E-state index is 0.0249. The summed E-state index contributed by atoms with van der Waals surface area (Å²) in [7, 11) is 0. The lowest BCUT2D eigenvalue weighted by atomic mass is 10.2. The molecule has 108 valence electrons. The fourth-order valence-corrected chi connectivity index (χ4v) is 3.39. The predicted molar refractivity (Wildman–Crippen MR) is 91.9 cm³/mol. The molecule has 0 bridgehead atoms. The van der Waals surface area contributed by atoms with E-state index in [1.807, 2.05) is 30.3 Å². The molecule has 0 amide bonds. The highest BCUT2D eigenvalue weighted by atomic mass is 79.9. The van der Waals surface area contributed by atoms with E-state index < -0.39 is 5.97 Å². The Morgan fingerprint density at radius 2 is 2.18 bits per heavy atom. The van der Waals surface area contributed by atoms with E-state index in [-0.39, 0.29) is 6.61 Å². The van der Waals surface area contributed by atoms with Crippen LogP contribution in [0.3, 0.4) is 0 Å². The van der Waals surface area contributed by atoms with Crippen molar-refractivity contribution in [1.29, 1.82) is 0 Å². The fourth-order valence-electron chi connectivity index (χ4n) is 1.99. The van der Waals surface area contributed by atoms with Crippen LogP contribution in [-0.2, 0) is 4.74 Å². The molecule has 0 saturated carbocycles. The molecule has 0 N–H and O–H groups in total. The van der Waals surface area contributed by atoms with Crippen LogP contribution in [0.2, 0.25) is 0 Å². The zero-order valence-corrected chi connectivity index (χ0v) is 13.8. The summed E-state index contributed by atoms with van der Waals surface area (Å²) in [5, 5.41) is 0.908. The van der Waals surface area contributed by atoms with E-state index in [0.717, 1.165) is 25.3 Å². The number of nitrogens with zero attached hydrogens (tertiary/aromatic N) is 1. The summed E-state index contributed by atoms with van der Waals surface area (Å²) in [5.74, 6) is 1.86. The summed E-state index contributed by atoms with van der Waals surface area (Å²) in [4.78, 5) is 16.4. The highest BCUT2D eigenvalue weighted by Crippen LogP contribution is 2.32. The highest BCUT2D eigenvalue weighted by molar-refractivity contribution is 9.10. The van der Waals surface area contributed by atoms with Gasteiger partial charge in [0, 0.05) is 10.0 Å². The molecule has 0 aliphatic heterocycles. The zero-order chi connectivity index (χ0) is 15.5. The van der Waals surface area contributed by atoms with E-state index in [9.17, 15) is 4.79 Å². The first kappa shape index (κ1) is 14.8. The summed E-state index contributed by atoms with van der Waals surface area (Å²) in [6.07, 6.45) is 5.09. The Kier molecular flexibility index (Phi) is 4.23. The second kappa shape index (κ2) is 6.30. The van der Waals surface area contributed by atoms with Crippen molar-refractivity contribution in [3.05, 3.63) is 52.5 Å². The van der Waals surface area contributed by atoms with Crippen LogP contribution in [0.5, 0.6) is 0 Å². The van der Waals surface area contributed by atoms with Crippen LogP contribution in [0.1, 0.15) is 10.4 Å². The smallest absolute Gasteiger partial charge is 0.339 e. The Bertz CT molecular complexity index is 895. The maximum atomic E-state index is 11.8. The third kappa shape index (κ3) is 3.03. The van der Waals surface area contributed by atoms with Crippen LogP contribution in [0, 0.1) is 12.3 Å². The number of aromatic nitrogens is 1. The molecule has 1 aromatic heterocycles. The van der Waals surface area contributed by atoms with Gasteiger partial charge in [-0.25, -0.2) is 9.78 Å². The Morgan fingerprint density at radius 1 is 1.32 bits per heavy atom. The van der Waals surface area contributed by atoms with Crippen molar-refractivity contribution in [2.75, 3.05) is 6.61 Å². The van der Waals surface area contributed by atoms with Gasteiger partial charge in [-0.3, -0.25) is 0 Å². The van der Waals surface area contributed by atoms with Gasteiger partial charge in [-0.1, -0.05) is 34.0 Å². The van der Waals surface area contributed by atoms with E-state index in [1.165, 1.54) is 11.3 Å². The molecule has 1 heterocycles. The fraction of sp³-hybridized carbons (Fsp3) is 0.0588. The Balaban J connectivity index is 1.97. The third-order valence-corrected chi connectivity index (χ3v) is 4.54. The Hall–Kier alpha value is -2.16. The van der Waals surface area contributed by atoms with Crippen LogP contribution in [-0.4, -0.2) is 17.6 Å². The van der Waals surface area contributed by atoms with Gasteiger partial charge < -0.3 is 4.74 Å². The molecular formula is C17H10BrNO2S. The van der Waals surface area contributed by atoms with Crippen molar-refractivity contribution >= 4 is 43.5 Å². The number of rotatable bonds is 3. The van der Waals surface area contributed by atoms with E-state index >= 15 is 0 Å². The molecule has 0 spiro atoms. The maximum Gasteiger partial charge on any atom is 0.339 e. The van der Waals surface area contributed by atoms with Crippen molar-refractivity contribution in [3.8, 4) is 22.9 Å². The van der Waals surface area contributed by atoms with Crippen LogP contribution in [0.25, 0.3) is 20.8 Å². The number of carbonyl (C=O) groups excluding carboxylic acids is 1. The summed E-state index contributed by atoms with van der Waals surface area (Å²) in [5.41, 5.74) is 2.37. The quantitative estimate of drug-likeness (QED) is 0.502. The lowest BCUT2D eigenvalue weighted by molar-refractivity contribution is 0.0557. The minimum atomic E-state index is -0.419. The molecule has 3 rings (SSSR count). The monoisotopic (exact) mass is 371 g/mol. The van der Waals surface area contributed by atoms with Crippen molar-refractivity contribution in [2.24, 2.45) is 0 Å². The van der Waals surface area contributed by atoms with Gasteiger partial charge in [-0.05, 0) is 30.3 Å². The second-order valence-electron chi connectivity index (χ2n) is 4.49. The normalized spacial score (nSPS) is 10.4. The van der Waals surface area contributed by atoms with Gasteiger partial charge in [0.25, 0.3) is 0 Å². The number of hydrogen-bond donors (Lipinski definition) is 0. The standard InChI is InChI=1S/C17H10BrNO2S/c1-2-8-21-17(20)12-6-7-14-15(10-12)22-16(19-14)11-4-3-5-13(18)9-11/h1,3-7,9-10H,8H2. The van der Waals surface area contributed by atoms with Crippen molar-refractivity contribution in [3.63, 3.8) is 0 Å².